The maximum Gasteiger partial charge on any atom is 0.310 e. The van der Waals surface area contributed by atoms with E-state index >= 15 is 0 Å². The largest absolute Gasteiger partial charge is 0.466 e. The zero-order chi connectivity index (χ0) is 14.0. The van der Waals surface area contributed by atoms with Gasteiger partial charge in [0.25, 0.3) is 0 Å². The second-order valence-corrected chi connectivity index (χ2v) is 5.93. The van der Waals surface area contributed by atoms with E-state index in [9.17, 15) is 4.79 Å². The van der Waals surface area contributed by atoms with Crippen LogP contribution in [0.5, 0.6) is 0 Å². The van der Waals surface area contributed by atoms with E-state index in [1.165, 1.54) is 0 Å². The highest BCUT2D eigenvalue weighted by Gasteiger charge is 2.61. The van der Waals surface area contributed by atoms with E-state index < -0.39 is 0 Å². The lowest BCUT2D eigenvalue weighted by Crippen LogP contribution is -2.10. The minimum atomic E-state index is -0.0896. The van der Waals surface area contributed by atoms with Crippen LogP contribution in [0.15, 0.2) is 30.3 Å². The third kappa shape index (κ3) is 3.01. The molecule has 1 aromatic rings. The lowest BCUT2D eigenvalue weighted by molar-refractivity contribution is -0.145. The van der Waals surface area contributed by atoms with Gasteiger partial charge in [0.1, 0.15) is 0 Å². The van der Waals surface area contributed by atoms with Gasteiger partial charge < -0.3 is 4.74 Å². The van der Waals surface area contributed by atoms with E-state index in [0.29, 0.717) is 6.61 Å². The van der Waals surface area contributed by atoms with Gasteiger partial charge in [-0.1, -0.05) is 49.7 Å². The molecule has 0 spiro atoms. The summed E-state index contributed by atoms with van der Waals surface area (Å²) in [5.74, 6) is 0.127. The second-order valence-electron chi connectivity index (χ2n) is 5.49. The minimum absolute atomic E-state index is 0.0126. The summed E-state index contributed by atoms with van der Waals surface area (Å²) in [6.07, 6.45) is 4.12. The molecule has 3 heteroatoms. The molecule has 0 saturated heterocycles. The van der Waals surface area contributed by atoms with Gasteiger partial charge in [-0.2, -0.15) is 0 Å². The molecular formula is C16H19ClO2. The quantitative estimate of drug-likeness (QED) is 0.772. The molecule has 1 saturated carbocycles. The average molecular weight is 279 g/mol. The van der Waals surface area contributed by atoms with Gasteiger partial charge in [-0.05, 0) is 36.0 Å². The molecule has 0 bridgehead atoms. The van der Waals surface area contributed by atoms with Crippen molar-refractivity contribution in [2.24, 2.45) is 17.3 Å². The molecule has 0 aliphatic heterocycles. The van der Waals surface area contributed by atoms with Crippen molar-refractivity contribution >= 4 is 23.6 Å². The molecular weight excluding hydrogens is 260 g/mol. The van der Waals surface area contributed by atoms with E-state index in [4.69, 9.17) is 16.3 Å². The fraction of sp³-hybridized carbons (Fsp3) is 0.438. The standard InChI is InChI=1S/C16H19ClO2/c1-4-19-15(18)14-13(16(14,2)3)9-8-11-6-5-7-12(17)10-11/h5-10,13-14H,4H2,1-3H3. The highest BCUT2D eigenvalue weighted by molar-refractivity contribution is 6.30. The SMILES string of the molecule is CCOC(=O)C1C(C=Cc2cccc(Cl)c2)C1(C)C. The van der Waals surface area contributed by atoms with Gasteiger partial charge in [0, 0.05) is 5.02 Å². The van der Waals surface area contributed by atoms with Crippen molar-refractivity contribution in [1.82, 2.24) is 0 Å². The van der Waals surface area contributed by atoms with Gasteiger partial charge >= 0.3 is 5.97 Å². The Morgan fingerprint density at radius 1 is 1.47 bits per heavy atom. The second kappa shape index (κ2) is 5.38. The normalized spacial score (nSPS) is 24.4. The Morgan fingerprint density at radius 3 is 2.84 bits per heavy atom. The molecule has 2 atom stereocenters. The predicted octanol–water partition coefficient (Wildman–Crippen LogP) is 4.19. The van der Waals surface area contributed by atoms with Crippen LogP contribution >= 0.6 is 11.6 Å². The smallest absolute Gasteiger partial charge is 0.310 e. The molecule has 1 aromatic carbocycles. The molecule has 2 nitrogen and oxygen atoms in total. The molecule has 0 heterocycles. The van der Waals surface area contributed by atoms with E-state index in [1.807, 2.05) is 37.3 Å². The Labute approximate surface area is 119 Å². The average Bonchev–Trinajstić information content (AvgIpc) is 2.89. The Bertz CT molecular complexity index is 505. The number of halogens is 1. The number of carbonyl (C=O) groups is 1. The van der Waals surface area contributed by atoms with E-state index in [-0.39, 0.29) is 23.2 Å². The molecule has 0 aromatic heterocycles. The van der Waals surface area contributed by atoms with E-state index in [1.54, 1.807) is 0 Å². The van der Waals surface area contributed by atoms with Crippen LogP contribution in [0, 0.1) is 17.3 Å². The Kier molecular flexibility index (Phi) is 4.00. The van der Waals surface area contributed by atoms with Gasteiger partial charge in [0.15, 0.2) is 0 Å². The van der Waals surface area contributed by atoms with Crippen LogP contribution in [-0.2, 0) is 9.53 Å². The van der Waals surface area contributed by atoms with Crippen LogP contribution < -0.4 is 0 Å². The summed E-state index contributed by atoms with van der Waals surface area (Å²) in [6.45, 7) is 6.48. The summed E-state index contributed by atoms with van der Waals surface area (Å²) in [7, 11) is 0. The fourth-order valence-electron chi connectivity index (χ4n) is 2.54. The number of esters is 1. The first-order valence-corrected chi connectivity index (χ1v) is 6.95. The van der Waals surface area contributed by atoms with E-state index in [0.717, 1.165) is 10.6 Å². The third-order valence-corrected chi connectivity index (χ3v) is 4.03. The van der Waals surface area contributed by atoms with E-state index in [2.05, 4.69) is 19.9 Å². The van der Waals surface area contributed by atoms with Gasteiger partial charge in [-0.3, -0.25) is 4.79 Å². The fourth-order valence-corrected chi connectivity index (χ4v) is 2.74. The van der Waals surface area contributed by atoms with Crippen LogP contribution in [-0.4, -0.2) is 12.6 Å². The molecule has 1 aliphatic rings. The molecule has 0 amide bonds. The number of rotatable bonds is 4. The van der Waals surface area contributed by atoms with Crippen molar-refractivity contribution in [3.8, 4) is 0 Å². The minimum Gasteiger partial charge on any atom is -0.466 e. The number of benzene rings is 1. The van der Waals surface area contributed by atoms with Crippen molar-refractivity contribution in [3.63, 3.8) is 0 Å². The molecule has 102 valence electrons. The number of allylic oxidation sites excluding steroid dienone is 1. The molecule has 0 radical (unpaired) electrons. The lowest BCUT2D eigenvalue weighted by Gasteiger charge is -2.01. The van der Waals surface area contributed by atoms with Crippen molar-refractivity contribution in [3.05, 3.63) is 40.9 Å². The van der Waals surface area contributed by atoms with Gasteiger partial charge in [0.05, 0.1) is 12.5 Å². The molecule has 0 N–H and O–H groups in total. The number of carbonyl (C=O) groups excluding carboxylic acids is 1. The van der Waals surface area contributed by atoms with Crippen LogP contribution in [0.4, 0.5) is 0 Å². The molecule has 1 fully saturated rings. The van der Waals surface area contributed by atoms with Crippen LogP contribution in [0.1, 0.15) is 26.3 Å². The molecule has 2 rings (SSSR count). The highest BCUT2D eigenvalue weighted by atomic mass is 35.5. The Hall–Kier alpha value is -1.28. The topological polar surface area (TPSA) is 26.3 Å². The monoisotopic (exact) mass is 278 g/mol. The molecule has 1 aliphatic carbocycles. The number of hydrogen-bond donors (Lipinski definition) is 0. The predicted molar refractivity (Wildman–Crippen MR) is 77.9 cm³/mol. The van der Waals surface area contributed by atoms with Gasteiger partial charge in [0.2, 0.25) is 0 Å². The first-order valence-electron chi connectivity index (χ1n) is 6.57. The summed E-state index contributed by atoms with van der Waals surface area (Å²) < 4.78 is 5.11. The Morgan fingerprint density at radius 2 is 2.21 bits per heavy atom. The highest BCUT2D eigenvalue weighted by Crippen LogP contribution is 2.59. The summed E-state index contributed by atoms with van der Waals surface area (Å²) >= 11 is 5.94. The molecule has 2 unspecified atom stereocenters. The number of ether oxygens (including phenoxy) is 1. The number of hydrogen-bond acceptors (Lipinski definition) is 2. The summed E-state index contributed by atoms with van der Waals surface area (Å²) in [6, 6.07) is 7.67. The maximum absolute atomic E-state index is 11.8. The van der Waals surface area contributed by atoms with Crippen LogP contribution in [0.2, 0.25) is 5.02 Å². The zero-order valence-electron chi connectivity index (χ0n) is 11.5. The first-order chi connectivity index (χ1) is 8.96. The van der Waals surface area contributed by atoms with Crippen molar-refractivity contribution in [1.29, 1.82) is 0 Å². The van der Waals surface area contributed by atoms with Crippen molar-refractivity contribution in [2.45, 2.75) is 20.8 Å². The molecule has 19 heavy (non-hydrogen) atoms. The van der Waals surface area contributed by atoms with Crippen molar-refractivity contribution in [2.75, 3.05) is 6.61 Å². The van der Waals surface area contributed by atoms with Gasteiger partial charge in [-0.25, -0.2) is 0 Å². The maximum atomic E-state index is 11.8. The van der Waals surface area contributed by atoms with Crippen molar-refractivity contribution < 1.29 is 9.53 Å². The Balaban J connectivity index is 2.06. The van der Waals surface area contributed by atoms with Gasteiger partial charge in [-0.15, -0.1) is 0 Å². The summed E-state index contributed by atoms with van der Waals surface area (Å²) in [4.78, 5) is 11.8. The summed E-state index contributed by atoms with van der Waals surface area (Å²) in [5, 5.41) is 0.721. The van der Waals surface area contributed by atoms with Crippen LogP contribution in [0.25, 0.3) is 6.08 Å². The van der Waals surface area contributed by atoms with Crippen LogP contribution in [0.3, 0.4) is 0 Å². The lowest BCUT2D eigenvalue weighted by atomic mass is 10.1. The first kappa shape index (κ1) is 14.1. The third-order valence-electron chi connectivity index (χ3n) is 3.80. The summed E-state index contributed by atoms with van der Waals surface area (Å²) in [5.41, 5.74) is 1.04. The zero-order valence-corrected chi connectivity index (χ0v) is 12.3.